The van der Waals surface area contributed by atoms with Crippen LogP contribution in [0.2, 0.25) is 5.02 Å². The van der Waals surface area contributed by atoms with E-state index >= 15 is 0 Å². The number of nitrogens with one attached hydrogen (secondary N) is 1. The number of sulfonamides is 1. The zero-order valence-corrected chi connectivity index (χ0v) is 10.5. The molecule has 90 valence electrons. The average Bonchev–Trinajstić information content (AvgIpc) is 2.65. The number of hydrogen-bond donors (Lipinski definition) is 1. The van der Waals surface area contributed by atoms with Crippen molar-refractivity contribution in [2.45, 2.75) is 4.90 Å². The number of halogens is 1. The second-order valence-corrected chi connectivity index (χ2v) is 5.58. The molecular weight excluding hydrogens is 262 g/mol. The van der Waals surface area contributed by atoms with Gasteiger partial charge in [0.15, 0.2) is 0 Å². The Kier molecular flexibility index (Phi) is 3.08. The number of anilines is 1. The average molecular weight is 272 g/mol. The predicted octanol–water partition coefficient (Wildman–Crippen LogP) is 1.87. The summed E-state index contributed by atoms with van der Waals surface area (Å²) >= 11 is 5.77. The van der Waals surface area contributed by atoms with Crippen molar-refractivity contribution in [3.05, 3.63) is 41.7 Å². The Hall–Kier alpha value is -1.53. The van der Waals surface area contributed by atoms with Gasteiger partial charge in [0.25, 0.3) is 10.0 Å². The van der Waals surface area contributed by atoms with E-state index in [1.807, 2.05) is 0 Å². The molecule has 0 fully saturated rings. The predicted molar refractivity (Wildman–Crippen MR) is 65.5 cm³/mol. The van der Waals surface area contributed by atoms with Crippen molar-refractivity contribution in [2.75, 3.05) is 4.72 Å². The van der Waals surface area contributed by atoms with Crippen LogP contribution in [0.25, 0.3) is 0 Å². The summed E-state index contributed by atoms with van der Waals surface area (Å²) in [6.45, 7) is 0. The van der Waals surface area contributed by atoms with Gasteiger partial charge in [-0.05, 0) is 18.2 Å². The van der Waals surface area contributed by atoms with Crippen LogP contribution in [0.1, 0.15) is 0 Å². The fourth-order valence-corrected chi connectivity index (χ4v) is 2.53. The highest BCUT2D eigenvalue weighted by Gasteiger charge is 2.15. The van der Waals surface area contributed by atoms with Crippen molar-refractivity contribution in [2.24, 2.45) is 7.05 Å². The van der Waals surface area contributed by atoms with Crippen molar-refractivity contribution in [3.63, 3.8) is 0 Å². The lowest BCUT2D eigenvalue weighted by Gasteiger charge is -2.05. The summed E-state index contributed by atoms with van der Waals surface area (Å²) in [5.74, 6) is 0. The fourth-order valence-electron chi connectivity index (χ4n) is 1.30. The van der Waals surface area contributed by atoms with Crippen LogP contribution in [0, 0.1) is 0 Å². The molecule has 0 spiro atoms. The molecule has 0 aliphatic carbocycles. The van der Waals surface area contributed by atoms with E-state index in [1.54, 1.807) is 25.2 Å². The SMILES string of the molecule is Cn1cc(S(=O)(=O)Nc2cccc(Cl)c2)cn1. The smallest absolute Gasteiger partial charge is 0.265 e. The number of aryl methyl sites for hydroxylation is 1. The molecule has 1 aromatic carbocycles. The molecular formula is C10H10ClN3O2S. The molecule has 7 heteroatoms. The van der Waals surface area contributed by atoms with E-state index in [0.29, 0.717) is 10.7 Å². The lowest BCUT2D eigenvalue weighted by molar-refractivity contribution is 0.601. The van der Waals surface area contributed by atoms with Gasteiger partial charge in [0.1, 0.15) is 4.90 Å². The highest BCUT2D eigenvalue weighted by Crippen LogP contribution is 2.18. The second kappa shape index (κ2) is 4.38. The molecule has 0 aliphatic heterocycles. The van der Waals surface area contributed by atoms with E-state index in [4.69, 9.17) is 11.6 Å². The topological polar surface area (TPSA) is 64.0 Å². The van der Waals surface area contributed by atoms with Crippen molar-refractivity contribution in [1.29, 1.82) is 0 Å². The molecule has 0 atom stereocenters. The van der Waals surface area contributed by atoms with Gasteiger partial charge in [-0.15, -0.1) is 0 Å². The van der Waals surface area contributed by atoms with Gasteiger partial charge in [-0.25, -0.2) is 8.42 Å². The monoisotopic (exact) mass is 271 g/mol. The molecule has 0 saturated heterocycles. The Morgan fingerprint density at radius 3 is 2.76 bits per heavy atom. The molecule has 1 heterocycles. The molecule has 5 nitrogen and oxygen atoms in total. The third-order valence-electron chi connectivity index (χ3n) is 2.07. The largest absolute Gasteiger partial charge is 0.279 e. The quantitative estimate of drug-likeness (QED) is 0.927. The normalized spacial score (nSPS) is 11.4. The first kappa shape index (κ1) is 11.9. The third-order valence-corrected chi connectivity index (χ3v) is 3.64. The Balaban J connectivity index is 2.29. The first-order valence-electron chi connectivity index (χ1n) is 4.74. The first-order chi connectivity index (χ1) is 7.97. The maximum atomic E-state index is 11.9. The molecule has 0 unspecified atom stereocenters. The van der Waals surface area contributed by atoms with Crippen LogP contribution < -0.4 is 4.72 Å². The molecule has 2 rings (SSSR count). The summed E-state index contributed by atoms with van der Waals surface area (Å²) < 4.78 is 27.7. The van der Waals surface area contributed by atoms with Crippen LogP contribution in [0.4, 0.5) is 5.69 Å². The molecule has 0 aliphatic rings. The molecule has 1 aromatic heterocycles. The first-order valence-corrected chi connectivity index (χ1v) is 6.60. The summed E-state index contributed by atoms with van der Waals surface area (Å²) in [6.07, 6.45) is 2.71. The van der Waals surface area contributed by atoms with Crippen molar-refractivity contribution in [3.8, 4) is 0 Å². The highest BCUT2D eigenvalue weighted by molar-refractivity contribution is 7.92. The summed E-state index contributed by atoms with van der Waals surface area (Å²) in [4.78, 5) is 0.111. The summed E-state index contributed by atoms with van der Waals surface area (Å²) in [7, 11) is -1.95. The maximum Gasteiger partial charge on any atom is 0.265 e. The van der Waals surface area contributed by atoms with Gasteiger partial charge in [-0.1, -0.05) is 17.7 Å². The minimum atomic E-state index is -3.60. The van der Waals surface area contributed by atoms with Crippen molar-refractivity contribution in [1.82, 2.24) is 9.78 Å². The van der Waals surface area contributed by atoms with E-state index < -0.39 is 10.0 Å². The lowest BCUT2D eigenvalue weighted by atomic mass is 10.3. The maximum absolute atomic E-state index is 11.9. The molecule has 17 heavy (non-hydrogen) atoms. The zero-order chi connectivity index (χ0) is 12.5. The van der Waals surface area contributed by atoms with Crippen LogP contribution >= 0.6 is 11.6 Å². The van der Waals surface area contributed by atoms with E-state index in [2.05, 4.69) is 9.82 Å². The number of benzene rings is 1. The number of hydrogen-bond acceptors (Lipinski definition) is 3. The fraction of sp³-hybridized carbons (Fsp3) is 0.100. The Labute approximate surface area is 104 Å². The van der Waals surface area contributed by atoms with E-state index in [9.17, 15) is 8.42 Å². The van der Waals surface area contributed by atoms with Gasteiger partial charge in [0.05, 0.1) is 11.9 Å². The van der Waals surface area contributed by atoms with Crippen LogP contribution in [-0.2, 0) is 17.1 Å². The van der Waals surface area contributed by atoms with Gasteiger partial charge in [0.2, 0.25) is 0 Å². The van der Waals surface area contributed by atoms with Crippen LogP contribution in [0.15, 0.2) is 41.6 Å². The summed E-state index contributed by atoms with van der Waals surface area (Å²) in [5.41, 5.74) is 0.418. The Morgan fingerprint density at radius 1 is 1.41 bits per heavy atom. The number of rotatable bonds is 3. The zero-order valence-electron chi connectivity index (χ0n) is 8.96. The van der Waals surface area contributed by atoms with E-state index in [1.165, 1.54) is 23.1 Å². The van der Waals surface area contributed by atoms with Crippen molar-refractivity contribution >= 4 is 27.3 Å². The Bertz CT molecular complexity index is 637. The van der Waals surface area contributed by atoms with Crippen LogP contribution in [-0.4, -0.2) is 18.2 Å². The van der Waals surface area contributed by atoms with E-state index in [-0.39, 0.29) is 4.90 Å². The van der Waals surface area contributed by atoms with Gasteiger partial charge in [-0.2, -0.15) is 5.10 Å². The minimum absolute atomic E-state index is 0.111. The lowest BCUT2D eigenvalue weighted by Crippen LogP contribution is -2.12. The van der Waals surface area contributed by atoms with Crippen LogP contribution in [0.3, 0.4) is 0 Å². The second-order valence-electron chi connectivity index (χ2n) is 3.47. The summed E-state index contributed by atoms with van der Waals surface area (Å²) in [5, 5.41) is 4.28. The molecule has 1 N–H and O–H groups in total. The standard InChI is InChI=1S/C10H10ClN3O2S/c1-14-7-10(6-12-14)17(15,16)13-9-4-2-3-8(11)5-9/h2-7,13H,1H3. The van der Waals surface area contributed by atoms with Crippen LogP contribution in [0.5, 0.6) is 0 Å². The number of nitrogens with zero attached hydrogens (tertiary/aromatic N) is 2. The molecule has 0 radical (unpaired) electrons. The number of aromatic nitrogens is 2. The van der Waals surface area contributed by atoms with Gasteiger partial charge >= 0.3 is 0 Å². The van der Waals surface area contributed by atoms with Gasteiger partial charge in [0, 0.05) is 18.3 Å². The molecule has 0 saturated carbocycles. The van der Waals surface area contributed by atoms with Crippen molar-refractivity contribution < 1.29 is 8.42 Å². The minimum Gasteiger partial charge on any atom is -0.279 e. The highest BCUT2D eigenvalue weighted by atomic mass is 35.5. The van der Waals surface area contributed by atoms with Gasteiger partial charge in [-0.3, -0.25) is 9.40 Å². The molecule has 0 amide bonds. The Morgan fingerprint density at radius 2 is 2.18 bits per heavy atom. The van der Waals surface area contributed by atoms with E-state index in [0.717, 1.165) is 0 Å². The third kappa shape index (κ3) is 2.78. The summed E-state index contributed by atoms with van der Waals surface area (Å²) in [6, 6.07) is 6.50. The molecule has 0 bridgehead atoms. The molecule has 2 aromatic rings. The van der Waals surface area contributed by atoms with Gasteiger partial charge < -0.3 is 0 Å².